The van der Waals surface area contributed by atoms with E-state index < -0.39 is 0 Å². The Bertz CT molecular complexity index is 337. The van der Waals surface area contributed by atoms with Gasteiger partial charge in [-0.3, -0.25) is 0 Å². The highest BCUT2D eigenvalue weighted by atomic mass is 79.9. The second-order valence-electron chi connectivity index (χ2n) is 4.14. The van der Waals surface area contributed by atoms with Crippen molar-refractivity contribution in [2.45, 2.75) is 26.4 Å². The average molecular weight is 255 g/mol. The van der Waals surface area contributed by atoms with Gasteiger partial charge in [-0.25, -0.2) is 0 Å². The first-order valence-corrected chi connectivity index (χ1v) is 5.32. The highest BCUT2D eigenvalue weighted by molar-refractivity contribution is 9.10. The molecule has 0 aromatic heterocycles. The van der Waals surface area contributed by atoms with Crippen LogP contribution in [0.25, 0.3) is 6.08 Å². The standard InChI is InChI=1S/C12H15BrO/c1-5-9-6-10(13)8-11(7-9)14-12(2,3)4/h5-8H,1H2,2-4H3. The van der Waals surface area contributed by atoms with E-state index in [1.807, 2.05) is 39.0 Å². The summed E-state index contributed by atoms with van der Waals surface area (Å²) >= 11 is 3.43. The number of benzene rings is 1. The van der Waals surface area contributed by atoms with Gasteiger partial charge in [0.05, 0.1) is 0 Å². The van der Waals surface area contributed by atoms with Crippen molar-refractivity contribution in [2.24, 2.45) is 0 Å². The lowest BCUT2D eigenvalue weighted by atomic mass is 10.1. The van der Waals surface area contributed by atoms with Crippen LogP contribution in [0.2, 0.25) is 0 Å². The molecule has 1 rings (SSSR count). The van der Waals surface area contributed by atoms with Crippen LogP contribution in [0.3, 0.4) is 0 Å². The Morgan fingerprint density at radius 3 is 2.43 bits per heavy atom. The molecule has 0 aliphatic rings. The summed E-state index contributed by atoms with van der Waals surface area (Å²) in [5, 5.41) is 0. The molecule has 0 aliphatic heterocycles. The molecule has 14 heavy (non-hydrogen) atoms. The summed E-state index contributed by atoms with van der Waals surface area (Å²) in [6.45, 7) is 9.82. The largest absolute Gasteiger partial charge is 0.488 e. The molecule has 0 unspecified atom stereocenters. The molecule has 0 spiro atoms. The van der Waals surface area contributed by atoms with Crippen LogP contribution >= 0.6 is 15.9 Å². The summed E-state index contributed by atoms with van der Waals surface area (Å²) in [5.74, 6) is 0.863. The first-order chi connectivity index (χ1) is 6.40. The predicted molar refractivity (Wildman–Crippen MR) is 64.6 cm³/mol. The molecule has 0 heterocycles. The molecule has 0 fully saturated rings. The van der Waals surface area contributed by atoms with Crippen LogP contribution in [0.5, 0.6) is 5.75 Å². The molecule has 76 valence electrons. The third-order valence-corrected chi connectivity index (χ3v) is 2.01. The fourth-order valence-corrected chi connectivity index (χ4v) is 1.60. The summed E-state index contributed by atoms with van der Waals surface area (Å²) in [5.41, 5.74) is 0.887. The molecule has 0 saturated heterocycles. The zero-order chi connectivity index (χ0) is 10.8. The monoisotopic (exact) mass is 254 g/mol. The van der Waals surface area contributed by atoms with E-state index in [0.29, 0.717) is 0 Å². The van der Waals surface area contributed by atoms with Gasteiger partial charge in [-0.15, -0.1) is 0 Å². The number of hydrogen-bond acceptors (Lipinski definition) is 1. The van der Waals surface area contributed by atoms with Gasteiger partial charge < -0.3 is 4.74 Å². The molecule has 0 N–H and O–H groups in total. The van der Waals surface area contributed by atoms with E-state index in [4.69, 9.17) is 4.74 Å². The average Bonchev–Trinajstić information content (AvgIpc) is 1.99. The highest BCUT2D eigenvalue weighted by Crippen LogP contribution is 2.25. The lowest BCUT2D eigenvalue weighted by molar-refractivity contribution is 0.131. The Balaban J connectivity index is 2.98. The first kappa shape index (κ1) is 11.3. The van der Waals surface area contributed by atoms with Crippen LogP contribution in [0.15, 0.2) is 29.3 Å². The zero-order valence-corrected chi connectivity index (χ0v) is 10.4. The van der Waals surface area contributed by atoms with E-state index in [-0.39, 0.29) is 5.60 Å². The molecule has 1 aromatic rings. The Morgan fingerprint density at radius 2 is 1.93 bits per heavy atom. The van der Waals surface area contributed by atoms with Crippen LogP contribution in [0, 0.1) is 0 Å². The number of hydrogen-bond donors (Lipinski definition) is 0. The third kappa shape index (κ3) is 3.54. The van der Waals surface area contributed by atoms with Crippen molar-refractivity contribution in [1.82, 2.24) is 0 Å². The maximum atomic E-state index is 5.75. The van der Waals surface area contributed by atoms with Gasteiger partial charge in [0.25, 0.3) is 0 Å². The zero-order valence-electron chi connectivity index (χ0n) is 8.80. The van der Waals surface area contributed by atoms with E-state index in [0.717, 1.165) is 15.8 Å². The van der Waals surface area contributed by atoms with Crippen molar-refractivity contribution in [3.8, 4) is 5.75 Å². The molecular weight excluding hydrogens is 240 g/mol. The van der Waals surface area contributed by atoms with Gasteiger partial charge in [-0.2, -0.15) is 0 Å². The second-order valence-corrected chi connectivity index (χ2v) is 5.05. The van der Waals surface area contributed by atoms with Crippen molar-refractivity contribution >= 4 is 22.0 Å². The molecular formula is C12H15BrO. The van der Waals surface area contributed by atoms with Crippen molar-refractivity contribution < 1.29 is 4.74 Å². The Kier molecular flexibility index (Phi) is 3.38. The molecule has 0 amide bonds. The minimum atomic E-state index is -0.167. The van der Waals surface area contributed by atoms with Crippen molar-refractivity contribution in [3.63, 3.8) is 0 Å². The Morgan fingerprint density at radius 1 is 1.29 bits per heavy atom. The molecule has 2 heteroatoms. The summed E-state index contributed by atoms with van der Waals surface area (Å²) in [4.78, 5) is 0. The molecule has 0 bridgehead atoms. The van der Waals surface area contributed by atoms with Gasteiger partial charge in [0.2, 0.25) is 0 Å². The summed E-state index contributed by atoms with van der Waals surface area (Å²) in [6, 6.07) is 5.93. The Hall–Kier alpha value is -0.760. The van der Waals surface area contributed by atoms with Gasteiger partial charge >= 0.3 is 0 Å². The maximum Gasteiger partial charge on any atom is 0.121 e. The van der Waals surface area contributed by atoms with Gasteiger partial charge in [-0.05, 0) is 44.5 Å². The van der Waals surface area contributed by atoms with Gasteiger partial charge in [-0.1, -0.05) is 28.6 Å². The molecule has 0 atom stereocenters. The third-order valence-electron chi connectivity index (χ3n) is 1.55. The maximum absolute atomic E-state index is 5.75. The fourth-order valence-electron chi connectivity index (χ4n) is 1.11. The molecule has 1 nitrogen and oxygen atoms in total. The highest BCUT2D eigenvalue weighted by Gasteiger charge is 2.12. The van der Waals surface area contributed by atoms with Crippen LogP contribution < -0.4 is 4.74 Å². The topological polar surface area (TPSA) is 9.23 Å². The second kappa shape index (κ2) is 4.18. The number of halogens is 1. The quantitative estimate of drug-likeness (QED) is 0.766. The fraction of sp³-hybridized carbons (Fsp3) is 0.333. The van der Waals surface area contributed by atoms with E-state index in [2.05, 4.69) is 22.5 Å². The van der Waals surface area contributed by atoms with Crippen LogP contribution in [-0.2, 0) is 0 Å². The van der Waals surface area contributed by atoms with Crippen molar-refractivity contribution in [1.29, 1.82) is 0 Å². The van der Waals surface area contributed by atoms with Gasteiger partial charge in [0.1, 0.15) is 11.4 Å². The van der Waals surface area contributed by atoms with E-state index in [1.165, 1.54) is 0 Å². The Labute approximate surface area is 93.9 Å². The lowest BCUT2D eigenvalue weighted by Gasteiger charge is -2.21. The first-order valence-electron chi connectivity index (χ1n) is 4.53. The molecule has 0 radical (unpaired) electrons. The smallest absolute Gasteiger partial charge is 0.121 e. The van der Waals surface area contributed by atoms with E-state index >= 15 is 0 Å². The van der Waals surface area contributed by atoms with Gasteiger partial charge in [0.15, 0.2) is 0 Å². The van der Waals surface area contributed by atoms with Crippen molar-refractivity contribution in [3.05, 3.63) is 34.8 Å². The SMILES string of the molecule is C=Cc1cc(Br)cc(OC(C)(C)C)c1. The summed E-state index contributed by atoms with van der Waals surface area (Å²) in [7, 11) is 0. The van der Waals surface area contributed by atoms with Crippen molar-refractivity contribution in [2.75, 3.05) is 0 Å². The lowest BCUT2D eigenvalue weighted by Crippen LogP contribution is -2.22. The number of ether oxygens (including phenoxy) is 1. The molecule has 0 saturated carbocycles. The number of rotatable bonds is 2. The van der Waals surface area contributed by atoms with Crippen LogP contribution in [0.1, 0.15) is 26.3 Å². The van der Waals surface area contributed by atoms with Crippen LogP contribution in [0.4, 0.5) is 0 Å². The molecule has 0 aliphatic carbocycles. The minimum absolute atomic E-state index is 0.167. The van der Waals surface area contributed by atoms with Crippen LogP contribution in [-0.4, -0.2) is 5.60 Å². The normalized spacial score (nSPS) is 11.1. The van der Waals surface area contributed by atoms with E-state index in [1.54, 1.807) is 6.08 Å². The minimum Gasteiger partial charge on any atom is -0.488 e. The summed E-state index contributed by atoms with van der Waals surface area (Å²) < 4.78 is 6.76. The van der Waals surface area contributed by atoms with E-state index in [9.17, 15) is 0 Å². The van der Waals surface area contributed by atoms with Gasteiger partial charge in [0, 0.05) is 4.47 Å². The predicted octanol–water partition coefficient (Wildman–Crippen LogP) is 4.27. The molecule has 1 aromatic carbocycles. The summed E-state index contributed by atoms with van der Waals surface area (Å²) in [6.07, 6.45) is 1.81.